The number of benzene rings is 1. The molecule has 0 aliphatic carbocycles. The van der Waals surface area contributed by atoms with E-state index in [4.69, 9.17) is 16.2 Å². The Morgan fingerprint density at radius 2 is 1.76 bits per heavy atom. The Bertz CT molecular complexity index is 417. The maximum absolute atomic E-state index is 6.11. The molecule has 21 heavy (non-hydrogen) atoms. The average Bonchev–Trinajstić information content (AvgIpc) is 2.50. The second kappa shape index (κ2) is 9.50. The van der Waals surface area contributed by atoms with Crippen molar-refractivity contribution in [2.75, 3.05) is 37.7 Å². The molecule has 1 aromatic rings. The van der Waals surface area contributed by atoms with Crippen LogP contribution in [0.2, 0.25) is 0 Å². The molecule has 0 aliphatic heterocycles. The van der Waals surface area contributed by atoms with Crippen molar-refractivity contribution in [2.45, 2.75) is 46.5 Å². The zero-order valence-corrected chi connectivity index (χ0v) is 13.8. The fourth-order valence-electron chi connectivity index (χ4n) is 2.42. The first-order valence-corrected chi connectivity index (χ1v) is 8.15. The van der Waals surface area contributed by atoms with Gasteiger partial charge in [-0.25, -0.2) is 0 Å². The van der Waals surface area contributed by atoms with Gasteiger partial charge in [0.2, 0.25) is 0 Å². The van der Waals surface area contributed by atoms with Gasteiger partial charge < -0.3 is 21.1 Å². The Morgan fingerprint density at radius 3 is 2.38 bits per heavy atom. The molecular weight excluding hydrogens is 262 g/mol. The van der Waals surface area contributed by atoms with Gasteiger partial charge in [0.05, 0.1) is 18.0 Å². The minimum atomic E-state index is 0.650. The average molecular weight is 293 g/mol. The second-order valence-corrected chi connectivity index (χ2v) is 5.38. The summed E-state index contributed by atoms with van der Waals surface area (Å²) in [6, 6.07) is 3.79. The summed E-state index contributed by atoms with van der Waals surface area (Å²) in [7, 11) is 0. The van der Waals surface area contributed by atoms with Gasteiger partial charge >= 0.3 is 0 Å². The van der Waals surface area contributed by atoms with Crippen molar-refractivity contribution in [3.63, 3.8) is 0 Å². The van der Waals surface area contributed by atoms with Gasteiger partial charge in [-0.2, -0.15) is 0 Å². The summed E-state index contributed by atoms with van der Waals surface area (Å²) < 4.78 is 5.95. The van der Waals surface area contributed by atoms with Crippen molar-refractivity contribution in [1.29, 1.82) is 0 Å². The van der Waals surface area contributed by atoms with E-state index in [2.05, 4.69) is 25.7 Å². The molecule has 4 N–H and O–H groups in total. The van der Waals surface area contributed by atoms with Crippen LogP contribution in [0.25, 0.3) is 0 Å². The van der Waals surface area contributed by atoms with Crippen LogP contribution in [0.15, 0.2) is 12.1 Å². The smallest absolute Gasteiger partial charge is 0.124 e. The molecule has 0 radical (unpaired) electrons. The van der Waals surface area contributed by atoms with Gasteiger partial charge in [-0.15, -0.1) is 0 Å². The lowest BCUT2D eigenvalue weighted by Crippen LogP contribution is -2.25. The molecular formula is C17H31N3O. The Kier molecular flexibility index (Phi) is 7.98. The number of nitrogens with two attached hydrogens (primary N) is 2. The Labute approximate surface area is 129 Å². The van der Waals surface area contributed by atoms with Crippen molar-refractivity contribution in [1.82, 2.24) is 4.90 Å². The fourth-order valence-corrected chi connectivity index (χ4v) is 2.42. The SMILES string of the molecule is CCCCc1c(OCCCN(CC)CC)ccc(N)c1N. The molecule has 0 atom stereocenters. The van der Waals surface area contributed by atoms with Gasteiger partial charge in [0.15, 0.2) is 0 Å². The van der Waals surface area contributed by atoms with Crippen LogP contribution in [0.3, 0.4) is 0 Å². The number of ether oxygens (including phenoxy) is 1. The van der Waals surface area contributed by atoms with Crippen LogP contribution in [0.5, 0.6) is 5.75 Å². The van der Waals surface area contributed by atoms with E-state index in [0.717, 1.165) is 63.2 Å². The molecule has 120 valence electrons. The highest BCUT2D eigenvalue weighted by molar-refractivity contribution is 5.71. The molecule has 0 heterocycles. The molecule has 1 aromatic carbocycles. The second-order valence-electron chi connectivity index (χ2n) is 5.38. The summed E-state index contributed by atoms with van der Waals surface area (Å²) in [5, 5.41) is 0. The third kappa shape index (κ3) is 5.46. The normalized spacial score (nSPS) is 11.0. The molecule has 0 aliphatic rings. The third-order valence-electron chi connectivity index (χ3n) is 3.90. The lowest BCUT2D eigenvalue weighted by atomic mass is 10.0. The summed E-state index contributed by atoms with van der Waals surface area (Å²) in [4.78, 5) is 2.40. The van der Waals surface area contributed by atoms with E-state index in [1.54, 1.807) is 0 Å². The van der Waals surface area contributed by atoms with Gasteiger partial charge in [0.25, 0.3) is 0 Å². The van der Waals surface area contributed by atoms with E-state index in [9.17, 15) is 0 Å². The Balaban J connectivity index is 2.59. The first kappa shape index (κ1) is 17.6. The molecule has 4 heteroatoms. The van der Waals surface area contributed by atoms with Gasteiger partial charge in [-0.3, -0.25) is 0 Å². The van der Waals surface area contributed by atoms with Crippen molar-refractivity contribution < 1.29 is 4.74 Å². The van der Waals surface area contributed by atoms with E-state index >= 15 is 0 Å². The molecule has 0 amide bonds. The fraction of sp³-hybridized carbons (Fsp3) is 0.647. The minimum absolute atomic E-state index is 0.650. The van der Waals surface area contributed by atoms with Crippen LogP contribution in [-0.4, -0.2) is 31.1 Å². The lowest BCUT2D eigenvalue weighted by molar-refractivity contribution is 0.248. The number of rotatable bonds is 10. The van der Waals surface area contributed by atoms with E-state index in [-0.39, 0.29) is 0 Å². The predicted molar refractivity (Wildman–Crippen MR) is 91.8 cm³/mol. The van der Waals surface area contributed by atoms with E-state index < -0.39 is 0 Å². The van der Waals surface area contributed by atoms with Gasteiger partial charge in [0, 0.05) is 12.1 Å². The number of nitrogens with zero attached hydrogens (tertiary/aromatic N) is 1. The molecule has 0 aromatic heterocycles. The molecule has 1 rings (SSSR count). The number of hydrogen-bond donors (Lipinski definition) is 2. The molecule has 0 bridgehead atoms. The Morgan fingerprint density at radius 1 is 1.05 bits per heavy atom. The van der Waals surface area contributed by atoms with Crippen molar-refractivity contribution in [2.24, 2.45) is 0 Å². The van der Waals surface area contributed by atoms with Crippen LogP contribution >= 0.6 is 0 Å². The number of hydrogen-bond acceptors (Lipinski definition) is 4. The molecule has 0 saturated carbocycles. The van der Waals surface area contributed by atoms with Gasteiger partial charge in [-0.1, -0.05) is 27.2 Å². The molecule has 0 spiro atoms. The number of unbranched alkanes of at least 4 members (excludes halogenated alkanes) is 1. The van der Waals surface area contributed by atoms with Crippen LogP contribution in [0.4, 0.5) is 11.4 Å². The highest BCUT2D eigenvalue weighted by Gasteiger charge is 2.10. The lowest BCUT2D eigenvalue weighted by Gasteiger charge is -2.19. The predicted octanol–water partition coefficient (Wildman–Crippen LogP) is 3.30. The highest BCUT2D eigenvalue weighted by Crippen LogP contribution is 2.31. The van der Waals surface area contributed by atoms with Crippen LogP contribution in [-0.2, 0) is 6.42 Å². The minimum Gasteiger partial charge on any atom is -0.493 e. The Hall–Kier alpha value is -1.42. The van der Waals surface area contributed by atoms with E-state index in [0.29, 0.717) is 11.4 Å². The largest absolute Gasteiger partial charge is 0.493 e. The van der Waals surface area contributed by atoms with E-state index in [1.165, 1.54) is 0 Å². The summed E-state index contributed by atoms with van der Waals surface area (Å²) in [6.07, 6.45) is 4.19. The first-order valence-electron chi connectivity index (χ1n) is 8.15. The topological polar surface area (TPSA) is 64.5 Å². The zero-order chi connectivity index (χ0) is 15.7. The molecule has 0 unspecified atom stereocenters. The summed E-state index contributed by atoms with van der Waals surface area (Å²) in [6.45, 7) is 10.5. The first-order chi connectivity index (χ1) is 10.1. The van der Waals surface area contributed by atoms with Crippen LogP contribution in [0, 0.1) is 0 Å². The molecule has 0 saturated heterocycles. The van der Waals surface area contributed by atoms with Crippen molar-refractivity contribution in [3.05, 3.63) is 17.7 Å². The monoisotopic (exact) mass is 293 g/mol. The summed E-state index contributed by atoms with van der Waals surface area (Å²) >= 11 is 0. The quantitative estimate of drug-likeness (QED) is 0.513. The number of anilines is 2. The number of nitrogen functional groups attached to an aromatic ring is 2. The molecule has 4 nitrogen and oxygen atoms in total. The van der Waals surface area contributed by atoms with Gasteiger partial charge in [-0.05, 0) is 44.5 Å². The maximum Gasteiger partial charge on any atom is 0.124 e. The third-order valence-corrected chi connectivity index (χ3v) is 3.90. The maximum atomic E-state index is 6.11. The standard InChI is InChI=1S/C17H31N3O/c1-4-7-9-14-16(11-10-15(18)17(14)19)21-13-8-12-20(5-2)6-3/h10-11H,4-9,12-13,18-19H2,1-3H3. The van der Waals surface area contributed by atoms with Crippen LogP contribution in [0.1, 0.15) is 45.6 Å². The summed E-state index contributed by atoms with van der Waals surface area (Å²) in [5.41, 5.74) is 14.4. The highest BCUT2D eigenvalue weighted by atomic mass is 16.5. The van der Waals surface area contributed by atoms with Crippen molar-refractivity contribution >= 4 is 11.4 Å². The van der Waals surface area contributed by atoms with Crippen molar-refractivity contribution in [3.8, 4) is 5.75 Å². The van der Waals surface area contributed by atoms with Gasteiger partial charge in [0.1, 0.15) is 5.75 Å². The zero-order valence-electron chi connectivity index (χ0n) is 13.8. The van der Waals surface area contributed by atoms with Crippen LogP contribution < -0.4 is 16.2 Å². The molecule has 0 fully saturated rings. The summed E-state index contributed by atoms with van der Waals surface area (Å²) in [5.74, 6) is 0.898. The van der Waals surface area contributed by atoms with E-state index in [1.807, 2.05) is 12.1 Å².